The lowest BCUT2D eigenvalue weighted by Crippen LogP contribution is -2.58. The van der Waals surface area contributed by atoms with Gasteiger partial charge in [-0.3, -0.25) is 9.36 Å². The van der Waals surface area contributed by atoms with Gasteiger partial charge in [0.25, 0.3) is 5.56 Å². The van der Waals surface area contributed by atoms with Crippen LogP contribution in [0.5, 0.6) is 0 Å². The summed E-state index contributed by atoms with van der Waals surface area (Å²) in [6.45, 7) is 3.87. The molecular formula is C12H22N6O3. The summed E-state index contributed by atoms with van der Waals surface area (Å²) in [5, 5.41) is 9.96. The van der Waals surface area contributed by atoms with Gasteiger partial charge in [0.15, 0.2) is 0 Å². The molecule has 3 atom stereocenters. The first-order valence-corrected chi connectivity index (χ1v) is 6.46. The van der Waals surface area contributed by atoms with Gasteiger partial charge in [0.05, 0.1) is 31.6 Å². The molecule has 0 radical (unpaired) electrons. The molecule has 1 aromatic rings. The maximum Gasteiger partial charge on any atom is 0.279 e. The molecular weight excluding hydrogens is 276 g/mol. The summed E-state index contributed by atoms with van der Waals surface area (Å²) in [4.78, 5) is 20.1. The van der Waals surface area contributed by atoms with E-state index in [4.69, 9.17) is 21.9 Å². The molecule has 0 saturated heterocycles. The highest BCUT2D eigenvalue weighted by molar-refractivity contribution is 5.57. The summed E-state index contributed by atoms with van der Waals surface area (Å²) < 4.78 is 6.71. The monoisotopic (exact) mass is 298 g/mol. The smallest absolute Gasteiger partial charge is 0.279 e. The van der Waals surface area contributed by atoms with Crippen molar-refractivity contribution in [2.45, 2.75) is 31.7 Å². The van der Waals surface area contributed by atoms with Crippen LogP contribution in [0.15, 0.2) is 22.3 Å². The zero-order chi connectivity index (χ0) is 16.0. The number of aliphatic hydroxyl groups excluding tert-OH is 1. The van der Waals surface area contributed by atoms with E-state index < -0.39 is 23.4 Å². The van der Waals surface area contributed by atoms with E-state index in [9.17, 15) is 9.90 Å². The maximum atomic E-state index is 12.4. The minimum absolute atomic E-state index is 0.0397. The highest BCUT2D eigenvalue weighted by atomic mass is 16.5. The third-order valence-corrected chi connectivity index (χ3v) is 3.46. The SMILES string of the molecule is CC(OCCN)C(C)(C(N)O)n1cncc(N=CN)c1=O. The standard InChI is InChI=1S/C12H22N6O3/c1-8(21-4-3-13)12(2,11(15)20)18-7-16-5-9(10(18)19)17-6-14/h5-8,11,20H,3-4,13,15H2,1-2H3,(H2,14,17). The Morgan fingerprint density at radius 2 is 2.33 bits per heavy atom. The fourth-order valence-electron chi connectivity index (χ4n) is 1.91. The molecule has 1 rings (SSSR count). The quantitative estimate of drug-likeness (QED) is 0.263. The van der Waals surface area contributed by atoms with Gasteiger partial charge >= 0.3 is 0 Å². The van der Waals surface area contributed by atoms with Crippen LogP contribution in [0.4, 0.5) is 5.69 Å². The van der Waals surface area contributed by atoms with Gasteiger partial charge in [0.2, 0.25) is 0 Å². The van der Waals surface area contributed by atoms with Crippen LogP contribution in [0, 0.1) is 0 Å². The molecule has 9 heteroatoms. The average molecular weight is 298 g/mol. The molecule has 1 heterocycles. The lowest BCUT2D eigenvalue weighted by Gasteiger charge is -2.39. The van der Waals surface area contributed by atoms with Gasteiger partial charge < -0.3 is 27.0 Å². The molecule has 9 nitrogen and oxygen atoms in total. The Morgan fingerprint density at radius 1 is 1.67 bits per heavy atom. The number of ether oxygens (including phenoxy) is 1. The van der Waals surface area contributed by atoms with Gasteiger partial charge in [-0.2, -0.15) is 0 Å². The molecule has 0 aliphatic heterocycles. The van der Waals surface area contributed by atoms with Gasteiger partial charge in [0, 0.05) is 6.54 Å². The molecule has 7 N–H and O–H groups in total. The van der Waals surface area contributed by atoms with Gasteiger partial charge in [-0.25, -0.2) is 9.98 Å². The first kappa shape index (κ1) is 17.2. The minimum atomic E-state index is -1.36. The Labute approximate surface area is 122 Å². The fraction of sp³-hybridized carbons (Fsp3) is 0.583. The van der Waals surface area contributed by atoms with Crippen molar-refractivity contribution in [2.75, 3.05) is 13.2 Å². The molecule has 0 bridgehead atoms. The number of aromatic nitrogens is 2. The summed E-state index contributed by atoms with van der Waals surface area (Å²) >= 11 is 0. The Hall–Kier alpha value is -1.81. The van der Waals surface area contributed by atoms with Crippen molar-refractivity contribution < 1.29 is 9.84 Å². The van der Waals surface area contributed by atoms with Crippen LogP contribution >= 0.6 is 0 Å². The first-order valence-electron chi connectivity index (χ1n) is 6.46. The zero-order valence-electron chi connectivity index (χ0n) is 12.1. The molecule has 21 heavy (non-hydrogen) atoms. The van der Waals surface area contributed by atoms with Crippen molar-refractivity contribution in [1.29, 1.82) is 0 Å². The molecule has 0 saturated carbocycles. The second-order valence-electron chi connectivity index (χ2n) is 4.70. The van der Waals surface area contributed by atoms with Crippen LogP contribution in [0.3, 0.4) is 0 Å². The molecule has 0 spiro atoms. The average Bonchev–Trinajstić information content (AvgIpc) is 2.46. The molecule has 0 aliphatic rings. The number of hydrogen-bond acceptors (Lipinski definition) is 7. The Kier molecular flexibility index (Phi) is 5.97. The van der Waals surface area contributed by atoms with Crippen molar-refractivity contribution in [1.82, 2.24) is 9.55 Å². The predicted octanol–water partition coefficient (Wildman–Crippen LogP) is -1.78. The predicted molar refractivity (Wildman–Crippen MR) is 79.1 cm³/mol. The van der Waals surface area contributed by atoms with Crippen LogP contribution in [0.1, 0.15) is 13.8 Å². The summed E-state index contributed by atoms with van der Waals surface area (Å²) in [6, 6.07) is 0. The van der Waals surface area contributed by atoms with Gasteiger partial charge in [-0.1, -0.05) is 0 Å². The van der Waals surface area contributed by atoms with Crippen molar-refractivity contribution in [3.63, 3.8) is 0 Å². The van der Waals surface area contributed by atoms with Crippen LogP contribution < -0.4 is 22.8 Å². The van der Waals surface area contributed by atoms with E-state index in [1.165, 1.54) is 17.1 Å². The molecule has 3 unspecified atom stereocenters. The summed E-state index contributed by atoms with van der Waals surface area (Å²) in [5.41, 5.74) is 14.6. The van der Waals surface area contributed by atoms with Crippen molar-refractivity contribution in [3.05, 3.63) is 22.9 Å². The van der Waals surface area contributed by atoms with E-state index in [0.29, 0.717) is 6.54 Å². The Balaban J connectivity index is 3.35. The van der Waals surface area contributed by atoms with Crippen molar-refractivity contribution >= 4 is 12.0 Å². The molecule has 0 aromatic carbocycles. The topological polar surface area (TPSA) is 155 Å². The number of nitrogens with zero attached hydrogens (tertiary/aromatic N) is 3. The number of hydrogen-bond donors (Lipinski definition) is 4. The molecule has 1 aromatic heterocycles. The van der Waals surface area contributed by atoms with Gasteiger partial charge in [0.1, 0.15) is 17.5 Å². The third-order valence-electron chi connectivity index (χ3n) is 3.46. The maximum absolute atomic E-state index is 12.4. The van der Waals surface area contributed by atoms with E-state index in [-0.39, 0.29) is 12.3 Å². The van der Waals surface area contributed by atoms with E-state index >= 15 is 0 Å². The van der Waals surface area contributed by atoms with E-state index in [0.717, 1.165) is 6.34 Å². The summed E-state index contributed by atoms with van der Waals surface area (Å²) in [7, 11) is 0. The number of nitrogens with two attached hydrogens (primary N) is 3. The van der Waals surface area contributed by atoms with Crippen LogP contribution in [-0.4, -0.2) is 46.5 Å². The molecule has 118 valence electrons. The zero-order valence-corrected chi connectivity index (χ0v) is 12.1. The fourth-order valence-corrected chi connectivity index (χ4v) is 1.91. The van der Waals surface area contributed by atoms with Crippen molar-refractivity contribution in [3.8, 4) is 0 Å². The molecule has 0 fully saturated rings. The number of rotatable bonds is 7. The molecule has 0 aliphatic carbocycles. The normalized spacial score (nSPS) is 17.6. The Bertz CT molecular complexity index is 544. The highest BCUT2D eigenvalue weighted by Gasteiger charge is 2.40. The van der Waals surface area contributed by atoms with E-state index in [1.54, 1.807) is 13.8 Å². The van der Waals surface area contributed by atoms with E-state index in [1.807, 2.05) is 0 Å². The lowest BCUT2D eigenvalue weighted by atomic mass is 9.93. The highest BCUT2D eigenvalue weighted by Crippen LogP contribution is 2.24. The minimum Gasteiger partial charge on any atom is -0.390 e. The lowest BCUT2D eigenvalue weighted by molar-refractivity contribution is -0.0744. The second kappa shape index (κ2) is 7.27. The number of aliphatic hydroxyl groups is 1. The van der Waals surface area contributed by atoms with Crippen LogP contribution in [0.2, 0.25) is 0 Å². The third kappa shape index (κ3) is 3.45. The van der Waals surface area contributed by atoms with E-state index in [2.05, 4.69) is 9.98 Å². The van der Waals surface area contributed by atoms with Gasteiger partial charge in [-0.15, -0.1) is 0 Å². The van der Waals surface area contributed by atoms with Crippen LogP contribution in [-0.2, 0) is 10.3 Å². The summed E-state index contributed by atoms with van der Waals surface area (Å²) in [5.74, 6) is 0. The number of aliphatic imine (C=N–C) groups is 1. The summed E-state index contributed by atoms with van der Waals surface area (Å²) in [6.07, 6.45) is 1.60. The Morgan fingerprint density at radius 3 is 2.86 bits per heavy atom. The van der Waals surface area contributed by atoms with Gasteiger partial charge in [-0.05, 0) is 13.8 Å². The van der Waals surface area contributed by atoms with Crippen LogP contribution in [0.25, 0.3) is 0 Å². The first-order chi connectivity index (χ1) is 9.89. The molecule has 0 amide bonds. The van der Waals surface area contributed by atoms with Crippen molar-refractivity contribution in [2.24, 2.45) is 22.2 Å². The second-order valence-corrected chi connectivity index (χ2v) is 4.70. The largest absolute Gasteiger partial charge is 0.390 e.